The topological polar surface area (TPSA) is 34.1 Å². The van der Waals surface area contributed by atoms with Crippen LogP contribution in [0.15, 0.2) is 34.1 Å². The van der Waals surface area contributed by atoms with Crippen LogP contribution in [0.5, 0.6) is 0 Å². The van der Waals surface area contributed by atoms with Gasteiger partial charge in [0, 0.05) is 5.75 Å². The Kier molecular flexibility index (Phi) is 3.13. The Morgan fingerprint density at radius 2 is 1.94 bits per heavy atom. The molecule has 0 aliphatic carbocycles. The minimum atomic E-state index is -3.20. The van der Waals surface area contributed by atoms with Crippen molar-refractivity contribution in [2.75, 3.05) is 5.75 Å². The molecule has 86 valence electrons. The average molecular weight is 254 g/mol. The summed E-state index contributed by atoms with van der Waals surface area (Å²) in [5.41, 5.74) is 0.821. The van der Waals surface area contributed by atoms with Crippen LogP contribution < -0.4 is 0 Å². The Bertz CT molecular complexity index is 528. The molecule has 0 amide bonds. The van der Waals surface area contributed by atoms with E-state index in [0.717, 1.165) is 5.56 Å². The van der Waals surface area contributed by atoms with Gasteiger partial charge in [0.15, 0.2) is 0 Å². The highest BCUT2D eigenvalue weighted by atomic mass is 32.2. The molecule has 0 N–H and O–H groups in total. The molecule has 2 rings (SSSR count). The minimum absolute atomic E-state index is 0.444. The van der Waals surface area contributed by atoms with Gasteiger partial charge in [0.25, 0.3) is 0 Å². The third-order valence-corrected chi connectivity index (χ3v) is 5.66. The maximum absolute atomic E-state index is 12.1. The van der Waals surface area contributed by atoms with Crippen molar-refractivity contribution in [1.82, 2.24) is 0 Å². The number of thioether (sulfide) groups is 1. The summed E-state index contributed by atoms with van der Waals surface area (Å²) in [5.74, 6) is 0.564. The van der Waals surface area contributed by atoms with Gasteiger partial charge in [-0.1, -0.05) is 32.0 Å². The fourth-order valence-corrected chi connectivity index (χ4v) is 4.27. The Balaban J connectivity index is 2.32. The molecule has 0 fully saturated rings. The second-order valence-electron chi connectivity index (χ2n) is 4.01. The Morgan fingerprint density at radius 1 is 1.25 bits per heavy atom. The van der Waals surface area contributed by atoms with E-state index in [-0.39, 0.29) is 0 Å². The zero-order chi connectivity index (χ0) is 11.8. The highest BCUT2D eigenvalue weighted by Gasteiger charge is 2.28. The molecule has 1 aliphatic heterocycles. The third-order valence-electron chi connectivity index (χ3n) is 2.43. The van der Waals surface area contributed by atoms with Crippen molar-refractivity contribution in [2.45, 2.75) is 24.0 Å². The monoisotopic (exact) mass is 254 g/mol. The largest absolute Gasteiger partial charge is 0.219 e. The van der Waals surface area contributed by atoms with Crippen LogP contribution in [0.1, 0.15) is 19.4 Å². The summed E-state index contributed by atoms with van der Waals surface area (Å²) in [7, 11) is -3.20. The zero-order valence-corrected chi connectivity index (χ0v) is 10.9. The average Bonchev–Trinajstić information content (AvgIpc) is 2.48. The Labute approximate surface area is 101 Å². The predicted octanol–water partition coefficient (Wildman–Crippen LogP) is 2.96. The molecule has 0 unspecified atom stereocenters. The molecule has 0 aromatic heterocycles. The van der Waals surface area contributed by atoms with Gasteiger partial charge in [-0.3, -0.25) is 0 Å². The molecule has 0 radical (unpaired) electrons. The maximum atomic E-state index is 12.1. The number of hydrogen-bond acceptors (Lipinski definition) is 3. The van der Waals surface area contributed by atoms with Gasteiger partial charge in [0.2, 0.25) is 9.84 Å². The summed E-state index contributed by atoms with van der Waals surface area (Å²) >= 11 is 1.65. The lowest BCUT2D eigenvalue weighted by Crippen LogP contribution is -2.04. The molecule has 0 saturated heterocycles. The van der Waals surface area contributed by atoms with Gasteiger partial charge in [-0.05, 0) is 23.0 Å². The van der Waals surface area contributed by atoms with Crippen molar-refractivity contribution in [3.63, 3.8) is 0 Å². The molecular weight excluding hydrogens is 240 g/mol. The van der Waals surface area contributed by atoms with E-state index in [0.29, 0.717) is 20.8 Å². The number of sulfone groups is 1. The van der Waals surface area contributed by atoms with Crippen LogP contribution in [0.25, 0.3) is 6.08 Å². The lowest BCUT2D eigenvalue weighted by molar-refractivity contribution is 0.603. The van der Waals surface area contributed by atoms with E-state index in [2.05, 4.69) is 13.8 Å². The normalized spacial score (nSPS) is 17.3. The fourth-order valence-electron chi connectivity index (χ4n) is 1.60. The van der Waals surface area contributed by atoms with Crippen LogP contribution in [0.2, 0.25) is 0 Å². The van der Waals surface area contributed by atoms with E-state index in [1.54, 1.807) is 30.0 Å². The zero-order valence-electron chi connectivity index (χ0n) is 9.30. The molecule has 0 atom stereocenters. The number of hydrogen-bond donors (Lipinski definition) is 0. The molecular formula is C12H14O2S2. The number of benzene rings is 1. The standard InChI is InChI=1S/C12H14O2S2/c1-9(2)15-8-11-7-10-5-3-4-6-12(10)16(11,13)14/h3-7,9H,8H2,1-2H3. The van der Waals surface area contributed by atoms with E-state index >= 15 is 0 Å². The molecule has 1 heterocycles. The second-order valence-corrected chi connectivity index (χ2v) is 7.55. The number of rotatable bonds is 3. The van der Waals surface area contributed by atoms with Crippen molar-refractivity contribution in [3.8, 4) is 0 Å². The van der Waals surface area contributed by atoms with E-state index in [4.69, 9.17) is 0 Å². The van der Waals surface area contributed by atoms with Crippen LogP contribution in [-0.2, 0) is 9.84 Å². The maximum Gasteiger partial charge on any atom is 0.204 e. The van der Waals surface area contributed by atoms with E-state index in [1.165, 1.54) is 0 Å². The molecule has 1 aliphatic rings. The van der Waals surface area contributed by atoms with E-state index in [1.807, 2.05) is 12.1 Å². The van der Waals surface area contributed by atoms with Gasteiger partial charge in [-0.15, -0.1) is 0 Å². The fraction of sp³-hybridized carbons (Fsp3) is 0.333. The highest BCUT2D eigenvalue weighted by molar-refractivity contribution is 8.02. The molecule has 1 aromatic carbocycles. The van der Waals surface area contributed by atoms with Crippen LogP contribution in [0.4, 0.5) is 0 Å². The quantitative estimate of drug-likeness (QED) is 0.831. The highest BCUT2D eigenvalue weighted by Crippen LogP contribution is 2.34. The molecule has 0 bridgehead atoms. The van der Waals surface area contributed by atoms with Gasteiger partial charge in [-0.2, -0.15) is 11.8 Å². The molecule has 16 heavy (non-hydrogen) atoms. The molecule has 4 heteroatoms. The summed E-state index contributed by atoms with van der Waals surface area (Å²) in [6.07, 6.45) is 1.79. The second kappa shape index (κ2) is 4.26. The summed E-state index contributed by atoms with van der Waals surface area (Å²) in [6.45, 7) is 4.14. The minimum Gasteiger partial charge on any atom is -0.219 e. The van der Waals surface area contributed by atoms with Crippen LogP contribution >= 0.6 is 11.8 Å². The van der Waals surface area contributed by atoms with Gasteiger partial charge in [-0.25, -0.2) is 8.42 Å². The summed E-state index contributed by atoms with van der Waals surface area (Å²) in [6, 6.07) is 7.15. The summed E-state index contributed by atoms with van der Waals surface area (Å²) in [5, 5.41) is 0.444. The lowest BCUT2D eigenvalue weighted by Gasteiger charge is -2.05. The van der Waals surface area contributed by atoms with Crippen molar-refractivity contribution in [1.29, 1.82) is 0 Å². The van der Waals surface area contributed by atoms with Crippen molar-refractivity contribution < 1.29 is 8.42 Å². The molecule has 2 nitrogen and oxygen atoms in total. The predicted molar refractivity (Wildman–Crippen MR) is 69.2 cm³/mol. The van der Waals surface area contributed by atoms with Gasteiger partial charge < -0.3 is 0 Å². The number of fused-ring (bicyclic) bond motifs is 1. The summed E-state index contributed by atoms with van der Waals surface area (Å²) in [4.78, 5) is 0.988. The van der Waals surface area contributed by atoms with Gasteiger partial charge in [0.05, 0.1) is 9.80 Å². The molecule has 0 spiro atoms. The first-order chi connectivity index (χ1) is 7.51. The van der Waals surface area contributed by atoms with Gasteiger partial charge >= 0.3 is 0 Å². The Morgan fingerprint density at radius 3 is 2.56 bits per heavy atom. The lowest BCUT2D eigenvalue weighted by atomic mass is 10.2. The van der Waals surface area contributed by atoms with Crippen LogP contribution in [0.3, 0.4) is 0 Å². The first kappa shape index (κ1) is 11.7. The van der Waals surface area contributed by atoms with Crippen molar-refractivity contribution in [3.05, 3.63) is 34.7 Å². The smallest absolute Gasteiger partial charge is 0.204 e. The molecule has 1 aromatic rings. The van der Waals surface area contributed by atoms with E-state index < -0.39 is 9.84 Å². The SMILES string of the molecule is CC(C)SCC1=Cc2ccccc2S1(=O)=O. The molecule has 0 saturated carbocycles. The van der Waals surface area contributed by atoms with Crippen molar-refractivity contribution >= 4 is 27.7 Å². The van der Waals surface area contributed by atoms with E-state index in [9.17, 15) is 8.42 Å². The first-order valence-electron chi connectivity index (χ1n) is 5.18. The Hall–Kier alpha value is -0.740. The third kappa shape index (κ3) is 2.04. The van der Waals surface area contributed by atoms with Gasteiger partial charge in [0.1, 0.15) is 0 Å². The first-order valence-corrected chi connectivity index (χ1v) is 7.71. The van der Waals surface area contributed by atoms with Crippen molar-refractivity contribution in [2.24, 2.45) is 0 Å². The van der Waals surface area contributed by atoms with Crippen LogP contribution in [0, 0.1) is 0 Å². The summed E-state index contributed by atoms with van der Waals surface area (Å²) < 4.78 is 24.2. The van der Waals surface area contributed by atoms with Crippen LogP contribution in [-0.4, -0.2) is 19.4 Å².